The normalized spacial score (nSPS) is 18.7. The number of rotatable bonds is 13. The maximum absolute atomic E-state index is 13.8. The molecule has 0 radical (unpaired) electrons. The maximum Gasteiger partial charge on any atom is 0.323 e. The first kappa shape index (κ1) is 40.7. The van der Waals surface area contributed by atoms with Crippen LogP contribution in [0.1, 0.15) is 72.3 Å². The van der Waals surface area contributed by atoms with E-state index in [1.807, 2.05) is 18.2 Å². The zero-order valence-corrected chi connectivity index (χ0v) is 35.2. The molecule has 14 heteroatoms. The van der Waals surface area contributed by atoms with E-state index in [1.165, 1.54) is 10.5 Å². The van der Waals surface area contributed by atoms with Crippen LogP contribution in [0.25, 0.3) is 22.6 Å². The zero-order chi connectivity index (χ0) is 41.3. The second-order valence-corrected chi connectivity index (χ2v) is 19.1. The molecule has 2 atom stereocenters. The molecule has 0 bridgehead atoms. The van der Waals surface area contributed by atoms with E-state index in [9.17, 15) is 27.9 Å². The standard InChI is InChI=1S/C45H41N3O7S4/c49-40(50)28-47-42(51)39(57-44(47)41-43(52)46(45(56)58-41)23-8-3-9-24-59(53,54)55)27-30-19-22-38-36(26-30)34-15-10-16-37(34)48(38)33-20-17-29(18-21-33)25-35(31-11-4-1-5-12-31)32-13-6-2-7-14-32/h1-2,4-7,11-14,17-22,25-27,34,37H,3,8-10,15-16,23-24,28H2,(H,49,50)(H,53,54,55)/b39-27-,44-41+. The third-order valence-corrected chi connectivity index (χ3v) is 14.5. The summed E-state index contributed by atoms with van der Waals surface area (Å²) in [6.07, 6.45) is 8.37. The van der Waals surface area contributed by atoms with Crippen LogP contribution in [0.15, 0.2) is 108 Å². The molecule has 2 fully saturated rings. The summed E-state index contributed by atoms with van der Waals surface area (Å²) < 4.78 is 33.1. The summed E-state index contributed by atoms with van der Waals surface area (Å²) in [4.78, 5) is 43.4. The number of hydrogen-bond acceptors (Lipinski definition) is 9. The minimum absolute atomic E-state index is 0.187. The number of aliphatic carboxylic acids is 1. The number of carbonyl (C=O) groups excluding carboxylic acids is 1. The van der Waals surface area contributed by atoms with Crippen molar-refractivity contribution in [1.82, 2.24) is 9.47 Å². The van der Waals surface area contributed by atoms with Crippen LogP contribution in [-0.2, 0) is 26.3 Å². The highest BCUT2D eigenvalue weighted by atomic mass is 32.2. The molecule has 1 aliphatic carbocycles. The zero-order valence-electron chi connectivity index (χ0n) is 31.9. The number of thiocarbonyl (C=S) groups is 1. The van der Waals surface area contributed by atoms with Gasteiger partial charge in [0.25, 0.3) is 21.6 Å². The summed E-state index contributed by atoms with van der Waals surface area (Å²) in [6.45, 7) is -0.387. The van der Waals surface area contributed by atoms with Crippen molar-refractivity contribution in [3.8, 4) is 0 Å². The van der Waals surface area contributed by atoms with Gasteiger partial charge in [-0.15, -0.1) is 11.3 Å². The molecule has 4 aromatic carbocycles. The first-order chi connectivity index (χ1) is 28.4. The van der Waals surface area contributed by atoms with Gasteiger partial charge in [-0.3, -0.25) is 28.4 Å². The molecule has 3 heterocycles. The van der Waals surface area contributed by atoms with Crippen molar-refractivity contribution in [2.75, 3.05) is 17.2 Å². The third kappa shape index (κ3) is 8.78. The van der Waals surface area contributed by atoms with Crippen LogP contribution in [0.3, 0.4) is 0 Å². The Labute approximate surface area is 355 Å². The Balaban J connectivity index is 1.09. The van der Waals surface area contributed by atoms with Crippen LogP contribution in [0.4, 0.5) is 11.4 Å². The van der Waals surface area contributed by atoms with Crippen molar-refractivity contribution in [2.24, 2.45) is 0 Å². The fourth-order valence-corrected chi connectivity index (χ4v) is 11.5. The number of amides is 1. The van der Waals surface area contributed by atoms with E-state index in [0.29, 0.717) is 29.3 Å². The van der Waals surface area contributed by atoms with Crippen LogP contribution in [-0.4, -0.2) is 62.1 Å². The molecule has 8 rings (SSSR count). The number of thiazole rings is 1. The first-order valence-corrected chi connectivity index (χ1v) is 23.1. The molecule has 5 aromatic rings. The van der Waals surface area contributed by atoms with Crippen LogP contribution >= 0.6 is 35.3 Å². The molecule has 10 nitrogen and oxygen atoms in total. The van der Waals surface area contributed by atoms with E-state index in [1.54, 1.807) is 6.08 Å². The van der Waals surface area contributed by atoms with Crippen LogP contribution in [0.2, 0.25) is 0 Å². The summed E-state index contributed by atoms with van der Waals surface area (Å²) in [5, 5.41) is 9.74. The van der Waals surface area contributed by atoms with Gasteiger partial charge in [0.15, 0.2) is 0 Å². The Bertz CT molecular complexity index is 2720. The fraction of sp³-hybridized carbons (Fsp3) is 0.244. The molecular weight excluding hydrogens is 823 g/mol. The number of carboxylic acid groups (broad SMARTS) is 1. The Morgan fingerprint density at radius 3 is 2.20 bits per heavy atom. The first-order valence-electron chi connectivity index (χ1n) is 19.5. The maximum atomic E-state index is 13.8. The predicted octanol–water partition coefficient (Wildman–Crippen LogP) is 7.23. The molecule has 1 amide bonds. The lowest BCUT2D eigenvalue weighted by Gasteiger charge is -2.27. The van der Waals surface area contributed by atoms with E-state index >= 15 is 0 Å². The van der Waals surface area contributed by atoms with Gasteiger partial charge < -0.3 is 10.0 Å². The number of benzene rings is 4. The number of anilines is 2. The number of carbonyl (C=O) groups is 2. The topological polar surface area (TPSA) is 137 Å². The number of carboxylic acids is 1. The van der Waals surface area contributed by atoms with Crippen LogP contribution < -0.4 is 19.7 Å². The fourth-order valence-electron chi connectivity index (χ4n) is 8.34. The molecule has 2 N–H and O–H groups in total. The highest BCUT2D eigenvalue weighted by Crippen LogP contribution is 2.52. The number of hydrogen-bond donors (Lipinski definition) is 2. The monoisotopic (exact) mass is 863 g/mol. The quantitative estimate of drug-likeness (QED) is 0.0540. The second-order valence-electron chi connectivity index (χ2n) is 14.9. The van der Waals surface area contributed by atoms with Crippen molar-refractivity contribution in [3.63, 3.8) is 0 Å². The summed E-state index contributed by atoms with van der Waals surface area (Å²) >= 11 is 7.59. The number of aromatic nitrogens is 1. The molecule has 0 spiro atoms. The predicted molar refractivity (Wildman–Crippen MR) is 240 cm³/mol. The van der Waals surface area contributed by atoms with Gasteiger partial charge in [-0.25, -0.2) is 0 Å². The number of thioether (sulfide) groups is 1. The van der Waals surface area contributed by atoms with Gasteiger partial charge in [0, 0.05) is 29.9 Å². The van der Waals surface area contributed by atoms with E-state index in [0.717, 1.165) is 86.1 Å². The molecule has 1 saturated heterocycles. The molecule has 2 aliphatic heterocycles. The SMILES string of the molecule is O=C(O)Cn1c(=O)/c(=C/c2ccc3c(c2)C2CCCC2N3c2ccc(C=C(c3ccccc3)c3ccccc3)cc2)s/c1=C1/SC(=S)N(CCCCCS(=O)(=O)O)C1=O. The van der Waals surface area contributed by atoms with Crippen molar-refractivity contribution in [3.05, 3.63) is 150 Å². The van der Waals surface area contributed by atoms with Gasteiger partial charge in [0.05, 0.1) is 10.3 Å². The van der Waals surface area contributed by atoms with Gasteiger partial charge in [0.1, 0.15) is 20.4 Å². The number of fused-ring (bicyclic) bond motifs is 3. The van der Waals surface area contributed by atoms with Crippen molar-refractivity contribution < 1.29 is 27.7 Å². The van der Waals surface area contributed by atoms with Gasteiger partial charge in [0.2, 0.25) is 0 Å². The number of unbranched alkanes of at least 4 members (excludes halogenated alkanes) is 2. The van der Waals surface area contributed by atoms with E-state index in [2.05, 4.69) is 95.9 Å². The highest BCUT2D eigenvalue weighted by molar-refractivity contribution is 8.30. The molecule has 59 heavy (non-hydrogen) atoms. The average Bonchev–Trinajstić information content (AvgIpc) is 3.96. The minimum atomic E-state index is -4.07. The van der Waals surface area contributed by atoms with Crippen molar-refractivity contribution >= 4 is 95.6 Å². The Hall–Kier alpha value is -5.12. The Morgan fingerprint density at radius 1 is 0.864 bits per heavy atom. The summed E-state index contributed by atoms with van der Waals surface area (Å²) in [7, 11) is -4.07. The van der Waals surface area contributed by atoms with E-state index in [4.69, 9.17) is 16.8 Å². The van der Waals surface area contributed by atoms with Crippen molar-refractivity contribution in [2.45, 2.75) is 57.0 Å². The van der Waals surface area contributed by atoms with Gasteiger partial charge in [-0.05, 0) is 95.5 Å². The van der Waals surface area contributed by atoms with Crippen molar-refractivity contribution in [1.29, 1.82) is 0 Å². The summed E-state index contributed by atoms with van der Waals surface area (Å²) in [6, 6.07) is 36.1. The van der Waals surface area contributed by atoms with Gasteiger partial charge >= 0.3 is 5.97 Å². The molecular formula is C45H41N3O7S4. The number of nitrogens with zero attached hydrogens (tertiary/aromatic N) is 3. The minimum Gasteiger partial charge on any atom is -0.480 e. The molecule has 3 aliphatic rings. The Kier molecular flexibility index (Phi) is 11.9. The lowest BCUT2D eigenvalue weighted by molar-refractivity contribution is -0.137. The van der Waals surface area contributed by atoms with E-state index < -0.39 is 34.1 Å². The van der Waals surface area contributed by atoms with Gasteiger partial charge in [-0.1, -0.05) is 116 Å². The van der Waals surface area contributed by atoms with Crippen LogP contribution in [0, 0.1) is 0 Å². The Morgan fingerprint density at radius 2 is 1.54 bits per heavy atom. The van der Waals surface area contributed by atoms with E-state index in [-0.39, 0.29) is 32.6 Å². The summed E-state index contributed by atoms with van der Waals surface area (Å²) in [5.41, 5.74) is 8.35. The lowest BCUT2D eigenvalue weighted by Crippen LogP contribution is -2.35. The largest absolute Gasteiger partial charge is 0.480 e. The van der Waals surface area contributed by atoms with Crippen LogP contribution in [0.5, 0.6) is 0 Å². The lowest BCUT2D eigenvalue weighted by atomic mass is 9.95. The average molecular weight is 864 g/mol. The molecule has 1 saturated carbocycles. The van der Waals surface area contributed by atoms with Gasteiger partial charge in [-0.2, -0.15) is 8.42 Å². The smallest absolute Gasteiger partial charge is 0.323 e. The summed E-state index contributed by atoms with van der Waals surface area (Å²) in [5.74, 6) is -1.68. The molecule has 2 unspecified atom stereocenters. The highest BCUT2D eigenvalue weighted by Gasteiger charge is 2.42. The second kappa shape index (κ2) is 17.2. The third-order valence-electron chi connectivity index (χ3n) is 11.0. The molecule has 302 valence electrons. The molecule has 1 aromatic heterocycles.